The lowest BCUT2D eigenvalue weighted by atomic mass is 10.0. The lowest BCUT2D eigenvalue weighted by Gasteiger charge is -2.11. The minimum absolute atomic E-state index is 0.0228. The highest BCUT2D eigenvalue weighted by atomic mass is 19.1. The Labute approximate surface area is 210 Å². The summed E-state index contributed by atoms with van der Waals surface area (Å²) in [6, 6.07) is 23.8. The van der Waals surface area contributed by atoms with E-state index in [0.717, 1.165) is 12.0 Å². The van der Waals surface area contributed by atoms with Crippen LogP contribution in [0.25, 0.3) is 11.1 Å². The molecule has 0 saturated heterocycles. The molecule has 0 fully saturated rings. The average molecular weight is 488 g/mol. The maximum atomic E-state index is 14.2. The van der Waals surface area contributed by atoms with Crippen molar-refractivity contribution in [1.29, 1.82) is 0 Å². The summed E-state index contributed by atoms with van der Waals surface area (Å²) in [7, 11) is 0. The fourth-order valence-electron chi connectivity index (χ4n) is 3.31. The van der Waals surface area contributed by atoms with Crippen molar-refractivity contribution in [2.75, 3.05) is 17.7 Å². The number of aromatic nitrogens is 2. The van der Waals surface area contributed by atoms with Gasteiger partial charge in [0.05, 0.1) is 5.56 Å². The molecule has 0 atom stereocenters. The van der Waals surface area contributed by atoms with E-state index < -0.39 is 0 Å². The van der Waals surface area contributed by atoms with Crippen LogP contribution in [0.5, 0.6) is 0 Å². The summed E-state index contributed by atoms with van der Waals surface area (Å²) in [6.07, 6.45) is 2.13. The number of aliphatic hydroxyl groups excluding tert-OH is 1. The number of nitrogens with one attached hydrogen (secondary N) is 2. The Morgan fingerprint density at radius 2 is 1.69 bits per heavy atom. The van der Waals surface area contributed by atoms with E-state index >= 15 is 0 Å². The fraction of sp³-hybridized carbons (Fsp3) is 0.179. The normalized spacial score (nSPS) is 10.4. The lowest BCUT2D eigenvalue weighted by Crippen LogP contribution is -2.31. The maximum absolute atomic E-state index is 14.2. The van der Waals surface area contributed by atoms with Gasteiger partial charge in [0.1, 0.15) is 11.6 Å². The Balaban J connectivity index is 0.000000338. The number of carbonyl (C=O) groups excluding carboxylic acids is 1. The number of benzene rings is 3. The highest BCUT2D eigenvalue weighted by Crippen LogP contribution is 2.27. The van der Waals surface area contributed by atoms with Crippen LogP contribution in [0.15, 0.2) is 85.1 Å². The van der Waals surface area contributed by atoms with Gasteiger partial charge in [-0.15, -0.1) is 0 Å². The molecule has 0 aliphatic rings. The number of nitrogen functional groups attached to an aromatic ring is 1. The molecule has 4 rings (SSSR count). The molecule has 8 heteroatoms. The summed E-state index contributed by atoms with van der Waals surface area (Å²) in [5, 5.41) is 14.2. The minimum atomic E-state index is -0.331. The van der Waals surface area contributed by atoms with Crippen LogP contribution in [0, 0.1) is 5.82 Å². The number of carbonyl (C=O) groups is 1. The molecule has 0 spiro atoms. The van der Waals surface area contributed by atoms with E-state index in [1.54, 1.807) is 12.1 Å². The summed E-state index contributed by atoms with van der Waals surface area (Å²) in [5.74, 6) is -0.370. The highest BCUT2D eigenvalue weighted by molar-refractivity contribution is 5.98. The molecule has 1 heterocycles. The van der Waals surface area contributed by atoms with Crippen molar-refractivity contribution in [3.63, 3.8) is 0 Å². The third-order valence-electron chi connectivity index (χ3n) is 5.03. The van der Waals surface area contributed by atoms with Crippen LogP contribution < -0.4 is 16.4 Å². The predicted octanol–water partition coefficient (Wildman–Crippen LogP) is 4.97. The number of halogens is 1. The first kappa shape index (κ1) is 26.3. The predicted molar refractivity (Wildman–Crippen MR) is 141 cm³/mol. The third kappa shape index (κ3) is 7.61. The van der Waals surface area contributed by atoms with Gasteiger partial charge in [0, 0.05) is 30.1 Å². The van der Waals surface area contributed by atoms with E-state index in [9.17, 15) is 9.18 Å². The first-order valence-corrected chi connectivity index (χ1v) is 11.6. The molecule has 5 N–H and O–H groups in total. The fourth-order valence-corrected chi connectivity index (χ4v) is 3.31. The van der Waals surface area contributed by atoms with Crippen molar-refractivity contribution >= 4 is 23.4 Å². The molecule has 0 radical (unpaired) electrons. The van der Waals surface area contributed by atoms with Gasteiger partial charge in [-0.1, -0.05) is 60.7 Å². The van der Waals surface area contributed by atoms with Gasteiger partial charge < -0.3 is 21.5 Å². The maximum Gasteiger partial charge on any atom is 0.256 e. The summed E-state index contributed by atoms with van der Waals surface area (Å²) < 4.78 is 14.2. The number of rotatable bonds is 7. The molecular weight excluding hydrogens is 457 g/mol. The molecule has 0 bridgehead atoms. The van der Waals surface area contributed by atoms with Crippen molar-refractivity contribution in [3.8, 4) is 11.1 Å². The Morgan fingerprint density at radius 1 is 1.03 bits per heavy atom. The SMILES string of the molecule is CC(C)NC(=O)c1cnc(Nc2ccc(F)c(-c3ccccc3)c2)nc1N.OCCc1ccccc1. The van der Waals surface area contributed by atoms with Gasteiger partial charge in [0.2, 0.25) is 5.95 Å². The quantitative estimate of drug-likeness (QED) is 0.293. The van der Waals surface area contributed by atoms with Crippen molar-refractivity contribution in [2.45, 2.75) is 26.3 Å². The standard InChI is InChI=1S/C20H20FN5O.C8H10O/c1-12(2)24-19(27)16-11-23-20(26-18(16)22)25-14-8-9-17(21)15(10-14)13-6-4-3-5-7-13;9-7-6-8-4-2-1-3-5-8/h3-12H,1-2H3,(H,24,27)(H3,22,23,25,26);1-5,9H,6-7H2. The summed E-state index contributed by atoms with van der Waals surface area (Å²) in [4.78, 5) is 20.3. The molecule has 1 aromatic heterocycles. The van der Waals surface area contributed by atoms with Crippen LogP contribution in [-0.4, -0.2) is 33.6 Å². The number of hydrogen-bond donors (Lipinski definition) is 4. The molecule has 0 unspecified atom stereocenters. The van der Waals surface area contributed by atoms with Crippen LogP contribution in [0.1, 0.15) is 29.8 Å². The lowest BCUT2D eigenvalue weighted by molar-refractivity contribution is 0.0943. The molecule has 4 aromatic rings. The van der Waals surface area contributed by atoms with Gasteiger partial charge in [-0.25, -0.2) is 9.37 Å². The number of hydrogen-bond acceptors (Lipinski definition) is 6. The third-order valence-corrected chi connectivity index (χ3v) is 5.03. The monoisotopic (exact) mass is 487 g/mol. The second-order valence-corrected chi connectivity index (χ2v) is 8.27. The largest absolute Gasteiger partial charge is 0.396 e. The molecule has 0 saturated carbocycles. The van der Waals surface area contributed by atoms with Crippen LogP contribution in [-0.2, 0) is 6.42 Å². The first-order valence-electron chi connectivity index (χ1n) is 11.6. The van der Waals surface area contributed by atoms with Crippen molar-refractivity contribution in [1.82, 2.24) is 15.3 Å². The zero-order chi connectivity index (χ0) is 25.9. The molecule has 7 nitrogen and oxygen atoms in total. The second kappa shape index (κ2) is 13.0. The van der Waals surface area contributed by atoms with Crippen LogP contribution in [0.3, 0.4) is 0 Å². The van der Waals surface area contributed by atoms with Crippen LogP contribution >= 0.6 is 0 Å². The first-order chi connectivity index (χ1) is 17.4. The van der Waals surface area contributed by atoms with Gasteiger partial charge in [0.15, 0.2) is 0 Å². The van der Waals surface area contributed by atoms with E-state index in [-0.39, 0.29) is 41.7 Å². The van der Waals surface area contributed by atoms with Gasteiger partial charge in [0.25, 0.3) is 5.91 Å². The van der Waals surface area contributed by atoms with Crippen molar-refractivity contribution in [3.05, 3.63) is 102 Å². The Hall–Kier alpha value is -4.30. The number of nitrogens with zero attached hydrogens (tertiary/aromatic N) is 2. The summed E-state index contributed by atoms with van der Waals surface area (Å²) in [5.41, 5.74) is 9.12. The number of anilines is 3. The smallest absolute Gasteiger partial charge is 0.256 e. The van der Waals surface area contributed by atoms with E-state index in [4.69, 9.17) is 10.8 Å². The number of nitrogens with two attached hydrogens (primary N) is 1. The molecule has 0 aliphatic carbocycles. The Morgan fingerprint density at radius 3 is 2.31 bits per heavy atom. The number of aliphatic hydroxyl groups is 1. The van der Waals surface area contributed by atoms with Crippen LogP contribution in [0.4, 0.5) is 21.8 Å². The minimum Gasteiger partial charge on any atom is -0.396 e. The van der Waals surface area contributed by atoms with Gasteiger partial charge in [-0.05, 0) is 49.6 Å². The zero-order valence-electron chi connectivity index (χ0n) is 20.3. The van der Waals surface area contributed by atoms with Gasteiger partial charge >= 0.3 is 0 Å². The van der Waals surface area contributed by atoms with Crippen molar-refractivity contribution < 1.29 is 14.3 Å². The highest BCUT2D eigenvalue weighted by Gasteiger charge is 2.14. The molecule has 1 amide bonds. The molecule has 36 heavy (non-hydrogen) atoms. The Bertz CT molecular complexity index is 1270. The molecule has 0 aliphatic heterocycles. The Kier molecular flexibility index (Phi) is 9.48. The summed E-state index contributed by atoms with van der Waals surface area (Å²) in [6.45, 7) is 3.94. The van der Waals surface area contributed by atoms with E-state index in [1.807, 2.05) is 74.5 Å². The van der Waals surface area contributed by atoms with E-state index in [0.29, 0.717) is 11.3 Å². The van der Waals surface area contributed by atoms with E-state index in [2.05, 4.69) is 20.6 Å². The van der Waals surface area contributed by atoms with Crippen molar-refractivity contribution in [2.24, 2.45) is 0 Å². The zero-order valence-corrected chi connectivity index (χ0v) is 20.3. The van der Waals surface area contributed by atoms with E-state index in [1.165, 1.54) is 17.8 Å². The summed E-state index contributed by atoms with van der Waals surface area (Å²) >= 11 is 0. The van der Waals surface area contributed by atoms with Gasteiger partial charge in [-0.3, -0.25) is 4.79 Å². The molecule has 3 aromatic carbocycles. The molecular formula is C28H30FN5O2. The topological polar surface area (TPSA) is 113 Å². The molecule has 186 valence electrons. The second-order valence-electron chi connectivity index (χ2n) is 8.27. The number of amides is 1. The van der Waals surface area contributed by atoms with Crippen LogP contribution in [0.2, 0.25) is 0 Å². The average Bonchev–Trinajstić information content (AvgIpc) is 2.86. The van der Waals surface area contributed by atoms with Gasteiger partial charge in [-0.2, -0.15) is 4.98 Å².